The number of hydrogen-bond donors (Lipinski definition) is 0. The van der Waals surface area contributed by atoms with Gasteiger partial charge in [0.15, 0.2) is 0 Å². The van der Waals surface area contributed by atoms with Crippen molar-refractivity contribution < 1.29 is 0 Å². The minimum Gasteiger partial charge on any atom is -0.244 e. The van der Waals surface area contributed by atoms with Gasteiger partial charge in [-0.05, 0) is 20.8 Å². The number of hydrogen-bond acceptors (Lipinski definition) is 2. The smallest absolute Gasteiger partial charge is 0.147 e. The second kappa shape index (κ2) is 5.15. The fourth-order valence-electron chi connectivity index (χ4n) is 0.354. The highest BCUT2D eigenvalue weighted by atomic mass is 15.2. The van der Waals surface area contributed by atoms with Gasteiger partial charge in [0, 0.05) is 12.4 Å². The molecule has 0 N–H and O–H groups in total. The first-order valence-corrected chi connectivity index (χ1v) is 2.82. The number of rotatable bonds is 1. The van der Waals surface area contributed by atoms with Gasteiger partial charge in [0.2, 0.25) is 0 Å². The molecule has 3 nitrogen and oxygen atoms in total. The third kappa shape index (κ3) is 4.87. The summed E-state index contributed by atoms with van der Waals surface area (Å²) in [5, 5.41) is 7.36. The monoisotopic (exact) mass is 125 g/mol. The predicted octanol–water partition coefficient (Wildman–Crippen LogP) is 1.50. The number of nitrogens with zero attached hydrogens (tertiary/aromatic N) is 3. The molecule has 0 aliphatic rings. The molecule has 0 saturated heterocycles. The molecular weight excluding hydrogens is 114 g/mol. The molecular formula is C6H11N3. The molecule has 0 heterocycles. The fourth-order valence-corrected chi connectivity index (χ4v) is 0.354. The van der Waals surface area contributed by atoms with Crippen molar-refractivity contribution >= 4 is 18.3 Å². The topological polar surface area (TPSA) is 37.1 Å². The highest BCUT2D eigenvalue weighted by Gasteiger charge is 1.76. The van der Waals surface area contributed by atoms with Crippen molar-refractivity contribution in [1.82, 2.24) is 0 Å². The van der Waals surface area contributed by atoms with Crippen molar-refractivity contribution in [2.75, 3.05) is 0 Å². The Kier molecular flexibility index (Phi) is 4.59. The van der Waals surface area contributed by atoms with E-state index in [0.717, 1.165) is 0 Å². The van der Waals surface area contributed by atoms with E-state index in [-0.39, 0.29) is 0 Å². The van der Waals surface area contributed by atoms with Crippen molar-refractivity contribution in [2.45, 2.75) is 20.8 Å². The van der Waals surface area contributed by atoms with Crippen LogP contribution in [0.15, 0.2) is 15.2 Å². The van der Waals surface area contributed by atoms with Gasteiger partial charge >= 0.3 is 0 Å². The highest BCUT2D eigenvalue weighted by molar-refractivity contribution is 5.87. The van der Waals surface area contributed by atoms with Crippen LogP contribution in [0.1, 0.15) is 20.8 Å². The summed E-state index contributed by atoms with van der Waals surface area (Å²) in [5.74, 6) is 0.676. The third-order valence-corrected chi connectivity index (χ3v) is 0.634. The molecule has 0 aliphatic heterocycles. The first kappa shape index (κ1) is 8.01. The molecule has 0 rings (SSSR count). The molecule has 0 aromatic carbocycles. The predicted molar refractivity (Wildman–Crippen MR) is 41.4 cm³/mol. The summed E-state index contributed by atoms with van der Waals surface area (Å²) >= 11 is 0. The van der Waals surface area contributed by atoms with Crippen LogP contribution in [0.4, 0.5) is 0 Å². The Balaban J connectivity index is 3.84. The molecule has 9 heavy (non-hydrogen) atoms. The molecule has 0 radical (unpaired) electrons. The van der Waals surface area contributed by atoms with E-state index in [1.165, 1.54) is 0 Å². The summed E-state index contributed by atoms with van der Waals surface area (Å²) in [6, 6.07) is 0. The zero-order chi connectivity index (χ0) is 7.11. The van der Waals surface area contributed by atoms with E-state index in [9.17, 15) is 0 Å². The first-order chi connectivity index (χ1) is 4.31. The average Bonchev–Trinajstić information content (AvgIpc) is 1.85. The SMILES string of the molecule is CC=N/C(C)=N\N=C/C. The standard InChI is InChI=1S/C6H11N3/c1-4-7-6(3)9-8-5-2/h4-5H,1-3H3/b7-4?,8-5-,9-6-. The van der Waals surface area contributed by atoms with E-state index in [2.05, 4.69) is 15.2 Å². The molecule has 0 atom stereocenters. The van der Waals surface area contributed by atoms with Crippen LogP contribution in [0.3, 0.4) is 0 Å². The van der Waals surface area contributed by atoms with Gasteiger partial charge in [-0.1, -0.05) is 0 Å². The van der Waals surface area contributed by atoms with Gasteiger partial charge in [-0.3, -0.25) is 0 Å². The first-order valence-electron chi connectivity index (χ1n) is 2.82. The van der Waals surface area contributed by atoms with E-state index in [1.54, 1.807) is 19.4 Å². The van der Waals surface area contributed by atoms with Gasteiger partial charge in [0.25, 0.3) is 0 Å². The summed E-state index contributed by atoms with van der Waals surface area (Å²) in [6.45, 7) is 5.45. The normalized spacial score (nSPS) is 13.9. The molecule has 0 amide bonds. The Hall–Kier alpha value is -0.990. The van der Waals surface area contributed by atoms with Crippen molar-refractivity contribution in [3.05, 3.63) is 0 Å². The molecule has 0 spiro atoms. The van der Waals surface area contributed by atoms with Crippen LogP contribution >= 0.6 is 0 Å². The molecule has 3 heteroatoms. The van der Waals surface area contributed by atoms with E-state index in [4.69, 9.17) is 0 Å². The van der Waals surface area contributed by atoms with Crippen LogP contribution in [0.2, 0.25) is 0 Å². The summed E-state index contributed by atoms with van der Waals surface area (Å²) in [7, 11) is 0. The van der Waals surface area contributed by atoms with Crippen molar-refractivity contribution in [3.63, 3.8) is 0 Å². The Morgan fingerprint density at radius 3 is 2.33 bits per heavy atom. The van der Waals surface area contributed by atoms with E-state index in [0.29, 0.717) is 5.84 Å². The number of aliphatic imine (C=N–C) groups is 1. The van der Waals surface area contributed by atoms with Crippen molar-refractivity contribution in [2.24, 2.45) is 15.2 Å². The molecule has 0 bridgehead atoms. The maximum Gasteiger partial charge on any atom is 0.147 e. The van der Waals surface area contributed by atoms with Crippen LogP contribution < -0.4 is 0 Å². The quantitative estimate of drug-likeness (QED) is 0.289. The maximum absolute atomic E-state index is 3.87. The summed E-state index contributed by atoms with van der Waals surface area (Å²) in [6.07, 6.45) is 3.30. The van der Waals surface area contributed by atoms with Crippen LogP contribution in [0.25, 0.3) is 0 Å². The van der Waals surface area contributed by atoms with E-state index in [1.807, 2.05) is 13.8 Å². The zero-order valence-electron chi connectivity index (χ0n) is 6.00. The van der Waals surface area contributed by atoms with Gasteiger partial charge in [-0.25, -0.2) is 4.99 Å². The molecule has 0 aromatic rings. The largest absolute Gasteiger partial charge is 0.244 e. The van der Waals surface area contributed by atoms with Crippen LogP contribution in [0.5, 0.6) is 0 Å². The molecule has 0 aliphatic carbocycles. The van der Waals surface area contributed by atoms with Crippen molar-refractivity contribution in [3.8, 4) is 0 Å². The highest BCUT2D eigenvalue weighted by Crippen LogP contribution is 1.78. The lowest BCUT2D eigenvalue weighted by Gasteiger charge is -1.82. The second-order valence-electron chi connectivity index (χ2n) is 1.41. The van der Waals surface area contributed by atoms with Crippen molar-refractivity contribution in [1.29, 1.82) is 0 Å². The average molecular weight is 125 g/mol. The Morgan fingerprint density at radius 2 is 1.89 bits per heavy atom. The van der Waals surface area contributed by atoms with Gasteiger partial charge in [-0.2, -0.15) is 5.10 Å². The lowest BCUT2D eigenvalue weighted by Crippen LogP contribution is -1.82. The second-order valence-corrected chi connectivity index (χ2v) is 1.41. The zero-order valence-corrected chi connectivity index (χ0v) is 6.00. The van der Waals surface area contributed by atoms with Crippen LogP contribution in [-0.2, 0) is 0 Å². The summed E-state index contributed by atoms with van der Waals surface area (Å²) in [4.78, 5) is 3.87. The van der Waals surface area contributed by atoms with Crippen LogP contribution in [-0.4, -0.2) is 18.3 Å². The van der Waals surface area contributed by atoms with E-state index >= 15 is 0 Å². The molecule has 0 fully saturated rings. The molecule has 50 valence electrons. The Bertz CT molecular complexity index is 144. The fraction of sp³-hybridized carbons (Fsp3) is 0.500. The maximum atomic E-state index is 3.87. The lowest BCUT2D eigenvalue weighted by atomic mass is 10.7. The Morgan fingerprint density at radius 1 is 1.22 bits per heavy atom. The summed E-state index contributed by atoms with van der Waals surface area (Å²) < 4.78 is 0. The molecule has 0 aromatic heterocycles. The minimum absolute atomic E-state index is 0.676. The Labute approximate surface area is 55.2 Å². The third-order valence-electron chi connectivity index (χ3n) is 0.634. The van der Waals surface area contributed by atoms with Gasteiger partial charge < -0.3 is 0 Å². The van der Waals surface area contributed by atoms with E-state index < -0.39 is 0 Å². The number of amidine groups is 1. The minimum atomic E-state index is 0.676. The molecule has 0 unspecified atom stereocenters. The lowest BCUT2D eigenvalue weighted by molar-refractivity contribution is 1.22. The van der Waals surface area contributed by atoms with Gasteiger partial charge in [0.05, 0.1) is 0 Å². The van der Waals surface area contributed by atoms with Gasteiger partial charge in [-0.15, -0.1) is 5.10 Å². The summed E-state index contributed by atoms with van der Waals surface area (Å²) in [5.41, 5.74) is 0. The van der Waals surface area contributed by atoms with Gasteiger partial charge in [0.1, 0.15) is 5.84 Å². The molecule has 0 saturated carbocycles. The van der Waals surface area contributed by atoms with Crippen LogP contribution in [0, 0.1) is 0 Å².